The molecule has 1 aromatic heterocycles. The van der Waals surface area contributed by atoms with Gasteiger partial charge in [0.15, 0.2) is 0 Å². The molecule has 2 N–H and O–H groups in total. The number of fused-ring (bicyclic) bond motifs is 1. The van der Waals surface area contributed by atoms with E-state index >= 15 is 0 Å². The molecular weight excluding hydrogens is 414 g/mol. The number of pyridine rings is 1. The summed E-state index contributed by atoms with van der Waals surface area (Å²) in [6.07, 6.45) is 1.04. The normalized spacial score (nSPS) is 19.6. The fourth-order valence-corrected chi connectivity index (χ4v) is 3.22. The van der Waals surface area contributed by atoms with E-state index in [0.717, 1.165) is 0 Å². The average molecular weight is 448 g/mol. The van der Waals surface area contributed by atoms with Gasteiger partial charge in [0.25, 0.3) is 5.91 Å². The van der Waals surface area contributed by atoms with Crippen LogP contribution in [0.2, 0.25) is 0 Å². The number of aromatic nitrogens is 1. The van der Waals surface area contributed by atoms with Crippen LogP contribution in [0.4, 0.5) is 0 Å². The molecule has 2 amide bonds. The Labute approximate surface area is 189 Å². The van der Waals surface area contributed by atoms with Gasteiger partial charge < -0.3 is 29.5 Å². The van der Waals surface area contributed by atoms with E-state index < -0.39 is 17.7 Å². The maximum absolute atomic E-state index is 13.3. The van der Waals surface area contributed by atoms with Crippen LogP contribution >= 0.6 is 0 Å². The molecule has 0 fully saturated rings. The summed E-state index contributed by atoms with van der Waals surface area (Å²) < 4.78 is 11.1. The molecule has 2 rings (SSSR count). The molecule has 176 valence electrons. The van der Waals surface area contributed by atoms with Crippen molar-refractivity contribution in [2.75, 3.05) is 40.5 Å². The van der Waals surface area contributed by atoms with E-state index in [4.69, 9.17) is 9.47 Å². The van der Waals surface area contributed by atoms with Crippen molar-refractivity contribution in [1.82, 2.24) is 14.8 Å². The minimum Gasteiger partial charge on any atom is -0.472 e. The third kappa shape index (κ3) is 6.66. The molecule has 0 spiro atoms. The number of aliphatic hydroxyl groups is 2. The van der Waals surface area contributed by atoms with Crippen LogP contribution in [0.5, 0.6) is 5.88 Å². The van der Waals surface area contributed by atoms with Crippen molar-refractivity contribution in [3.05, 3.63) is 23.4 Å². The Balaban J connectivity index is 2.46. The third-order valence-electron chi connectivity index (χ3n) is 5.18. The van der Waals surface area contributed by atoms with Gasteiger partial charge in [0.05, 0.1) is 19.2 Å². The van der Waals surface area contributed by atoms with Crippen molar-refractivity contribution in [2.45, 2.75) is 45.4 Å². The largest absolute Gasteiger partial charge is 0.472 e. The maximum atomic E-state index is 13.3. The Morgan fingerprint density at radius 2 is 2.19 bits per heavy atom. The highest BCUT2D eigenvalue weighted by molar-refractivity contribution is 5.97. The van der Waals surface area contributed by atoms with Gasteiger partial charge in [0.1, 0.15) is 23.9 Å². The van der Waals surface area contributed by atoms with Crippen LogP contribution in [0.3, 0.4) is 0 Å². The van der Waals surface area contributed by atoms with Gasteiger partial charge in [-0.2, -0.15) is 0 Å². The number of carbonyl (C=O) groups is 2. The van der Waals surface area contributed by atoms with Crippen molar-refractivity contribution in [1.29, 1.82) is 0 Å². The first kappa shape index (κ1) is 25.6. The van der Waals surface area contributed by atoms with Gasteiger partial charge >= 0.3 is 0 Å². The van der Waals surface area contributed by atoms with Crippen molar-refractivity contribution in [2.24, 2.45) is 5.92 Å². The monoisotopic (exact) mass is 447 g/mol. The molecule has 9 nitrogen and oxygen atoms in total. The molecule has 0 bridgehead atoms. The number of ether oxygens (including phenoxy) is 2. The summed E-state index contributed by atoms with van der Waals surface area (Å²) in [6.45, 7) is 7.19. The van der Waals surface area contributed by atoms with Crippen LogP contribution in [0.15, 0.2) is 12.3 Å². The highest BCUT2D eigenvalue weighted by Gasteiger charge is 2.34. The Morgan fingerprint density at radius 3 is 2.78 bits per heavy atom. The number of likely N-dealkylation sites (N-methyl/N-ethyl adjacent to an activating group) is 1. The highest BCUT2D eigenvalue weighted by Crippen LogP contribution is 2.27. The number of hydrogen-bond acceptors (Lipinski definition) is 7. The van der Waals surface area contributed by atoms with Crippen molar-refractivity contribution < 1.29 is 29.3 Å². The summed E-state index contributed by atoms with van der Waals surface area (Å²) in [7, 11) is 3.12. The summed E-state index contributed by atoms with van der Waals surface area (Å²) in [5, 5.41) is 19.6. The molecule has 0 saturated heterocycles. The zero-order valence-electron chi connectivity index (χ0n) is 19.6. The van der Waals surface area contributed by atoms with E-state index in [1.165, 1.54) is 18.2 Å². The lowest BCUT2D eigenvalue weighted by Crippen LogP contribution is -2.50. The van der Waals surface area contributed by atoms with Gasteiger partial charge in [-0.05, 0) is 26.8 Å². The molecule has 0 aromatic carbocycles. The average Bonchev–Trinajstić information content (AvgIpc) is 2.73. The fraction of sp³-hybridized carbons (Fsp3) is 0.609. The van der Waals surface area contributed by atoms with Crippen molar-refractivity contribution in [3.63, 3.8) is 0 Å². The smallest absolute Gasteiger partial charge is 0.259 e. The van der Waals surface area contributed by atoms with E-state index in [1.807, 2.05) is 6.92 Å². The number of hydrogen-bond donors (Lipinski definition) is 2. The topological polar surface area (TPSA) is 112 Å². The van der Waals surface area contributed by atoms with Crippen molar-refractivity contribution in [3.8, 4) is 17.7 Å². The van der Waals surface area contributed by atoms with Crippen LogP contribution in [0, 0.1) is 17.8 Å². The number of nitrogens with zero attached hydrogens (tertiary/aromatic N) is 3. The van der Waals surface area contributed by atoms with Gasteiger partial charge in [-0.15, -0.1) is 0 Å². The molecule has 1 aliphatic heterocycles. The van der Waals surface area contributed by atoms with Gasteiger partial charge in [0, 0.05) is 38.4 Å². The zero-order chi connectivity index (χ0) is 24.1. The minimum absolute atomic E-state index is 0.0399. The Kier molecular flexibility index (Phi) is 8.61. The molecule has 0 saturated carbocycles. The van der Waals surface area contributed by atoms with Crippen LogP contribution in [-0.4, -0.2) is 95.0 Å². The molecule has 0 unspecified atom stereocenters. The van der Waals surface area contributed by atoms with Crippen LogP contribution in [0.1, 0.15) is 43.6 Å². The Bertz CT molecular complexity index is 886. The molecule has 0 aliphatic carbocycles. The number of methoxy groups -OCH3 is 1. The second kappa shape index (κ2) is 10.8. The maximum Gasteiger partial charge on any atom is 0.259 e. The number of amides is 2. The number of aliphatic hydroxyl groups excluding tert-OH is 1. The Morgan fingerprint density at radius 1 is 1.50 bits per heavy atom. The van der Waals surface area contributed by atoms with E-state index in [1.54, 1.807) is 38.8 Å². The predicted octanol–water partition coefficient (Wildman–Crippen LogP) is 0.529. The predicted molar refractivity (Wildman–Crippen MR) is 118 cm³/mol. The third-order valence-corrected chi connectivity index (χ3v) is 5.18. The molecule has 0 radical (unpaired) electrons. The molecule has 32 heavy (non-hydrogen) atoms. The van der Waals surface area contributed by atoms with E-state index in [2.05, 4.69) is 16.8 Å². The number of carbonyl (C=O) groups excluding carboxylic acids is 2. The van der Waals surface area contributed by atoms with Crippen LogP contribution in [-0.2, 0) is 9.53 Å². The molecule has 2 heterocycles. The van der Waals surface area contributed by atoms with Gasteiger partial charge in [-0.25, -0.2) is 4.98 Å². The summed E-state index contributed by atoms with van der Waals surface area (Å²) in [4.78, 5) is 32.9. The molecule has 1 aliphatic rings. The lowest BCUT2D eigenvalue weighted by atomic mass is 10.00. The van der Waals surface area contributed by atoms with Crippen molar-refractivity contribution >= 4 is 11.8 Å². The summed E-state index contributed by atoms with van der Waals surface area (Å²) in [5.41, 5.74) is -0.519. The number of rotatable bonds is 6. The van der Waals surface area contributed by atoms with Gasteiger partial charge in [-0.1, -0.05) is 18.8 Å². The molecule has 1 aromatic rings. The quantitative estimate of drug-likeness (QED) is 0.612. The SMILES string of the molecule is COCC(=O)N(C)C[C@@H]1Oc2ncc(C#CC(C)(C)O)cc2C(=O)N([C@H](C)CO)C[C@H]1C. The highest BCUT2D eigenvalue weighted by atomic mass is 16.5. The van der Waals surface area contributed by atoms with E-state index in [9.17, 15) is 19.8 Å². The zero-order valence-corrected chi connectivity index (χ0v) is 19.6. The minimum atomic E-state index is -1.19. The summed E-state index contributed by atoms with van der Waals surface area (Å²) in [6, 6.07) is 1.16. The van der Waals surface area contributed by atoms with Crippen LogP contribution < -0.4 is 4.74 Å². The van der Waals surface area contributed by atoms with E-state index in [0.29, 0.717) is 12.1 Å². The van der Waals surface area contributed by atoms with E-state index in [-0.39, 0.29) is 48.9 Å². The summed E-state index contributed by atoms with van der Waals surface area (Å²) >= 11 is 0. The molecular formula is C23H33N3O6. The second-order valence-corrected chi connectivity index (χ2v) is 8.72. The molecule has 9 heteroatoms. The van der Waals surface area contributed by atoms with Gasteiger partial charge in [0.2, 0.25) is 11.8 Å². The van der Waals surface area contributed by atoms with Gasteiger partial charge in [-0.3, -0.25) is 9.59 Å². The fourth-order valence-electron chi connectivity index (χ4n) is 3.22. The lowest BCUT2D eigenvalue weighted by molar-refractivity contribution is -0.135. The summed E-state index contributed by atoms with van der Waals surface area (Å²) in [5.74, 6) is 5.02. The first-order valence-electron chi connectivity index (χ1n) is 10.5. The second-order valence-electron chi connectivity index (χ2n) is 8.72. The molecule has 3 atom stereocenters. The lowest BCUT2D eigenvalue weighted by Gasteiger charge is -2.37. The standard InChI is InChI=1S/C23H33N3O6/c1-15-11-26(16(2)13-27)22(29)18-9-17(7-8-23(3,4)30)10-24-21(18)32-19(15)12-25(5)20(28)14-31-6/h9-10,15-16,19,27,30H,11-14H2,1-6H3/t15-,16-,19+/m1/s1. The Hall–Kier alpha value is -2.67. The first-order valence-corrected chi connectivity index (χ1v) is 10.5. The first-order chi connectivity index (χ1) is 15.0. The van der Waals surface area contributed by atoms with Crippen LogP contribution in [0.25, 0.3) is 0 Å².